The van der Waals surface area contributed by atoms with Crippen molar-refractivity contribution in [2.75, 3.05) is 18.1 Å². The lowest BCUT2D eigenvalue weighted by atomic mass is 10.1. The van der Waals surface area contributed by atoms with E-state index in [4.69, 9.17) is 23.2 Å². The van der Waals surface area contributed by atoms with Crippen molar-refractivity contribution in [3.63, 3.8) is 0 Å². The van der Waals surface area contributed by atoms with Gasteiger partial charge in [-0.05, 0) is 19.1 Å². The number of rotatable bonds is 2. The van der Waals surface area contributed by atoms with Crippen molar-refractivity contribution in [1.82, 2.24) is 4.98 Å². The van der Waals surface area contributed by atoms with E-state index in [1.54, 1.807) is 30.2 Å². The monoisotopic (exact) mass is 288 g/mol. The van der Waals surface area contributed by atoms with Crippen LogP contribution >= 0.6 is 23.2 Å². The predicted octanol–water partition coefficient (Wildman–Crippen LogP) is 3.81. The van der Waals surface area contributed by atoms with Crippen LogP contribution in [0.15, 0.2) is 40.4 Å². The van der Waals surface area contributed by atoms with Crippen LogP contribution in [0.3, 0.4) is 0 Å². The Bertz CT molecular complexity index is 543. The van der Waals surface area contributed by atoms with Gasteiger partial charge in [-0.1, -0.05) is 23.2 Å². The molecule has 6 heteroatoms. The van der Waals surface area contributed by atoms with E-state index in [0.717, 1.165) is 5.69 Å². The number of halogens is 3. The van der Waals surface area contributed by atoms with Crippen LogP contribution < -0.4 is 4.90 Å². The summed E-state index contributed by atoms with van der Waals surface area (Å²) in [5.41, 5.74) is 1.56. The topological polar surface area (TPSA) is 36.4 Å². The molecular weight excluding hydrogens is 278 g/mol. The first kappa shape index (κ1) is 13.2. The molecule has 1 aliphatic rings. The standard InChI is InChI=1S/C12H11Cl2FN2O/c1-7-9(5-15)12(18)10(13)6-17(7)8-2-3-16-11(14)4-8/h2-4,18H,5-6H2,1H3. The molecule has 96 valence electrons. The number of alkyl halides is 1. The van der Waals surface area contributed by atoms with E-state index in [-0.39, 0.29) is 22.9 Å². The molecule has 18 heavy (non-hydrogen) atoms. The molecule has 0 spiro atoms. The van der Waals surface area contributed by atoms with Crippen molar-refractivity contribution in [3.8, 4) is 0 Å². The summed E-state index contributed by atoms with van der Waals surface area (Å²) in [5, 5.41) is 10.3. The molecule has 2 heterocycles. The zero-order valence-electron chi connectivity index (χ0n) is 9.62. The minimum absolute atomic E-state index is 0.173. The van der Waals surface area contributed by atoms with Crippen LogP contribution in [0.25, 0.3) is 0 Å². The highest BCUT2D eigenvalue weighted by Crippen LogP contribution is 2.32. The third-order valence-electron chi connectivity index (χ3n) is 2.84. The summed E-state index contributed by atoms with van der Waals surface area (Å²) in [6, 6.07) is 3.41. The van der Waals surface area contributed by atoms with E-state index in [0.29, 0.717) is 10.9 Å². The number of hydrogen-bond donors (Lipinski definition) is 1. The zero-order valence-corrected chi connectivity index (χ0v) is 11.1. The molecule has 1 aromatic heterocycles. The van der Waals surface area contributed by atoms with Gasteiger partial charge in [-0.25, -0.2) is 9.37 Å². The molecule has 1 N–H and O–H groups in total. The Hall–Kier alpha value is -1.26. The van der Waals surface area contributed by atoms with Gasteiger partial charge in [0.2, 0.25) is 0 Å². The Morgan fingerprint density at radius 2 is 2.22 bits per heavy atom. The van der Waals surface area contributed by atoms with Crippen LogP contribution in [-0.2, 0) is 0 Å². The van der Waals surface area contributed by atoms with Crippen molar-refractivity contribution in [3.05, 3.63) is 45.5 Å². The van der Waals surface area contributed by atoms with Crippen LogP contribution in [0.2, 0.25) is 5.15 Å². The van der Waals surface area contributed by atoms with Gasteiger partial charge in [-0.15, -0.1) is 0 Å². The molecule has 0 radical (unpaired) electrons. The minimum atomic E-state index is -0.775. The Morgan fingerprint density at radius 3 is 2.83 bits per heavy atom. The number of anilines is 1. The molecule has 0 unspecified atom stereocenters. The number of hydrogen-bond acceptors (Lipinski definition) is 3. The first-order chi connectivity index (χ1) is 8.54. The van der Waals surface area contributed by atoms with E-state index in [9.17, 15) is 9.50 Å². The summed E-state index contributed by atoms with van der Waals surface area (Å²) in [7, 11) is 0. The third-order valence-corrected chi connectivity index (χ3v) is 3.34. The van der Waals surface area contributed by atoms with E-state index in [1.807, 2.05) is 0 Å². The molecule has 3 nitrogen and oxygen atoms in total. The second-order valence-electron chi connectivity index (χ2n) is 3.87. The minimum Gasteiger partial charge on any atom is -0.506 e. The Kier molecular flexibility index (Phi) is 3.78. The second kappa shape index (κ2) is 5.16. The van der Waals surface area contributed by atoms with Crippen LogP contribution in [0.1, 0.15) is 6.92 Å². The quantitative estimate of drug-likeness (QED) is 0.841. The normalized spacial score (nSPS) is 16.6. The lowest BCUT2D eigenvalue weighted by molar-refractivity contribution is 0.395. The van der Waals surface area contributed by atoms with E-state index >= 15 is 0 Å². The van der Waals surface area contributed by atoms with Crippen molar-refractivity contribution in [2.45, 2.75) is 6.92 Å². The van der Waals surface area contributed by atoms with Gasteiger partial charge in [0, 0.05) is 23.2 Å². The summed E-state index contributed by atoms with van der Waals surface area (Å²) in [5.74, 6) is -0.173. The van der Waals surface area contributed by atoms with Crippen molar-refractivity contribution in [1.29, 1.82) is 0 Å². The molecular formula is C12H11Cl2FN2O. The van der Waals surface area contributed by atoms with Gasteiger partial charge in [0.25, 0.3) is 0 Å². The average Bonchev–Trinajstić information content (AvgIpc) is 2.34. The number of aliphatic hydroxyl groups is 1. The number of aromatic nitrogens is 1. The lowest BCUT2D eigenvalue weighted by Gasteiger charge is -2.31. The summed E-state index contributed by atoms with van der Waals surface area (Å²) < 4.78 is 12.9. The molecule has 0 atom stereocenters. The van der Waals surface area contributed by atoms with Gasteiger partial charge < -0.3 is 10.0 Å². The Balaban J connectivity index is 2.46. The molecule has 2 rings (SSSR count). The molecule has 0 saturated heterocycles. The van der Waals surface area contributed by atoms with Crippen molar-refractivity contribution < 1.29 is 9.50 Å². The van der Waals surface area contributed by atoms with Crippen LogP contribution in [0.4, 0.5) is 10.1 Å². The van der Waals surface area contributed by atoms with Crippen molar-refractivity contribution in [2.24, 2.45) is 0 Å². The molecule has 0 aliphatic carbocycles. The zero-order chi connectivity index (χ0) is 13.3. The van der Waals surface area contributed by atoms with E-state index in [1.165, 1.54) is 0 Å². The van der Waals surface area contributed by atoms with Crippen LogP contribution in [-0.4, -0.2) is 23.3 Å². The lowest BCUT2D eigenvalue weighted by Crippen LogP contribution is -2.29. The first-order valence-corrected chi connectivity index (χ1v) is 6.03. The first-order valence-electron chi connectivity index (χ1n) is 5.27. The molecule has 1 aliphatic heterocycles. The van der Waals surface area contributed by atoms with Crippen LogP contribution in [0.5, 0.6) is 0 Å². The number of allylic oxidation sites excluding steroid dienone is 2. The van der Waals surface area contributed by atoms with Gasteiger partial charge in [0.1, 0.15) is 17.6 Å². The molecule has 0 bridgehead atoms. The average molecular weight is 289 g/mol. The smallest absolute Gasteiger partial charge is 0.139 e. The van der Waals surface area contributed by atoms with Gasteiger partial charge in [0.05, 0.1) is 11.6 Å². The largest absolute Gasteiger partial charge is 0.506 e. The van der Waals surface area contributed by atoms with Gasteiger partial charge in [-0.2, -0.15) is 0 Å². The van der Waals surface area contributed by atoms with E-state index in [2.05, 4.69) is 4.98 Å². The van der Waals surface area contributed by atoms with Gasteiger partial charge in [-0.3, -0.25) is 0 Å². The summed E-state index contributed by atoms with van der Waals surface area (Å²) in [4.78, 5) is 5.67. The summed E-state index contributed by atoms with van der Waals surface area (Å²) in [6.45, 7) is 1.23. The molecule has 1 aromatic rings. The molecule has 0 amide bonds. The fourth-order valence-electron chi connectivity index (χ4n) is 1.84. The maximum atomic E-state index is 12.9. The molecule has 0 saturated carbocycles. The maximum Gasteiger partial charge on any atom is 0.139 e. The molecule has 0 fully saturated rings. The Morgan fingerprint density at radius 1 is 1.50 bits per heavy atom. The third kappa shape index (κ3) is 2.31. The summed E-state index contributed by atoms with van der Waals surface area (Å²) >= 11 is 11.8. The highest BCUT2D eigenvalue weighted by Gasteiger charge is 2.24. The highest BCUT2D eigenvalue weighted by atomic mass is 35.5. The fraction of sp³-hybridized carbons (Fsp3) is 0.250. The second-order valence-corrected chi connectivity index (χ2v) is 4.72. The maximum absolute atomic E-state index is 12.9. The molecule has 0 aromatic carbocycles. The van der Waals surface area contributed by atoms with Crippen LogP contribution in [0, 0.1) is 0 Å². The summed E-state index contributed by atoms with van der Waals surface area (Å²) in [6.07, 6.45) is 1.56. The SMILES string of the molecule is CC1=C(CF)C(O)=C(Cl)CN1c1ccnc(Cl)c1. The fourth-order valence-corrected chi connectivity index (χ4v) is 2.24. The number of pyridine rings is 1. The van der Waals surface area contributed by atoms with Gasteiger partial charge in [0.15, 0.2) is 0 Å². The highest BCUT2D eigenvalue weighted by molar-refractivity contribution is 6.31. The number of nitrogens with zero attached hydrogens (tertiary/aromatic N) is 2. The number of aliphatic hydroxyl groups excluding tert-OH is 1. The predicted molar refractivity (Wildman–Crippen MR) is 70.8 cm³/mol. The van der Waals surface area contributed by atoms with Crippen molar-refractivity contribution >= 4 is 28.9 Å². The van der Waals surface area contributed by atoms with E-state index < -0.39 is 6.67 Å². The Labute approximate surface area is 114 Å². The van der Waals surface area contributed by atoms with Gasteiger partial charge >= 0.3 is 0 Å².